The van der Waals surface area contributed by atoms with Gasteiger partial charge >= 0.3 is 0 Å². The van der Waals surface area contributed by atoms with Gasteiger partial charge in [-0.15, -0.1) is 0 Å². The van der Waals surface area contributed by atoms with Gasteiger partial charge in [0.05, 0.1) is 5.69 Å². The van der Waals surface area contributed by atoms with Crippen LogP contribution in [0.2, 0.25) is 0 Å². The number of hydrogen-bond donors (Lipinski definition) is 2. The van der Waals surface area contributed by atoms with Crippen molar-refractivity contribution in [2.24, 2.45) is 17.8 Å². The number of rotatable bonds is 9. The molecule has 188 valence electrons. The molecule has 1 fully saturated rings. The lowest BCUT2D eigenvalue weighted by Gasteiger charge is -2.29. The van der Waals surface area contributed by atoms with Gasteiger partial charge in [0.25, 0.3) is 0 Å². The van der Waals surface area contributed by atoms with Gasteiger partial charge < -0.3 is 10.6 Å². The lowest BCUT2D eigenvalue weighted by molar-refractivity contribution is -0.128. The van der Waals surface area contributed by atoms with Gasteiger partial charge in [-0.1, -0.05) is 60.9 Å². The van der Waals surface area contributed by atoms with E-state index in [-0.39, 0.29) is 11.8 Å². The van der Waals surface area contributed by atoms with Crippen LogP contribution in [-0.4, -0.2) is 41.4 Å². The van der Waals surface area contributed by atoms with E-state index in [1.54, 1.807) is 0 Å². The van der Waals surface area contributed by atoms with Crippen molar-refractivity contribution in [3.63, 3.8) is 0 Å². The van der Waals surface area contributed by atoms with Crippen LogP contribution in [0.5, 0.6) is 0 Å². The zero-order chi connectivity index (χ0) is 24.9. The third-order valence-corrected chi connectivity index (χ3v) is 8.07. The molecule has 0 saturated heterocycles. The summed E-state index contributed by atoms with van der Waals surface area (Å²) in [5.74, 6) is 2.00. The monoisotopic (exact) mass is 503 g/mol. The Hall–Kier alpha value is -2.80. The summed E-state index contributed by atoms with van der Waals surface area (Å²) in [5.41, 5.74) is 3.68. The zero-order valence-corrected chi connectivity index (χ0v) is 21.8. The molecule has 3 aliphatic rings. The maximum Gasteiger partial charge on any atom is 0.223 e. The maximum absolute atomic E-state index is 13.3. The summed E-state index contributed by atoms with van der Waals surface area (Å²) in [5, 5.41) is 12.1. The Bertz CT molecular complexity index is 1220. The fourth-order valence-corrected chi connectivity index (χ4v) is 6.04. The van der Waals surface area contributed by atoms with Crippen molar-refractivity contribution in [2.45, 2.75) is 51.4 Å². The molecule has 6 nitrogen and oxygen atoms in total. The first-order valence-corrected chi connectivity index (χ1v) is 13.8. The predicted molar refractivity (Wildman–Crippen MR) is 150 cm³/mol. The molecule has 0 aromatic carbocycles. The summed E-state index contributed by atoms with van der Waals surface area (Å²) in [6, 6.07) is 2.02. The Balaban J connectivity index is 1.21. The summed E-state index contributed by atoms with van der Waals surface area (Å²) in [6.45, 7) is 1.38. The second-order valence-corrected chi connectivity index (χ2v) is 10.7. The minimum absolute atomic E-state index is 0.0812. The van der Waals surface area contributed by atoms with Gasteiger partial charge in [-0.25, -0.2) is 4.98 Å². The van der Waals surface area contributed by atoms with Crippen LogP contribution in [0.3, 0.4) is 0 Å². The minimum Gasteiger partial charge on any atom is -0.370 e. The molecule has 2 aromatic heterocycles. The fourth-order valence-electron chi connectivity index (χ4n) is 5.77. The zero-order valence-electron chi connectivity index (χ0n) is 21.0. The number of carbonyl (C=O) groups excluding carboxylic acids is 1. The number of carbonyl (C=O) groups is 1. The van der Waals surface area contributed by atoms with E-state index in [4.69, 9.17) is 16.6 Å². The van der Waals surface area contributed by atoms with Crippen molar-refractivity contribution >= 4 is 47.9 Å². The summed E-state index contributed by atoms with van der Waals surface area (Å²) >= 11 is 6.54. The van der Waals surface area contributed by atoms with Crippen molar-refractivity contribution < 1.29 is 4.79 Å². The van der Waals surface area contributed by atoms with E-state index < -0.39 is 0 Å². The molecule has 2 aromatic rings. The third-order valence-electron chi connectivity index (χ3n) is 7.68. The van der Waals surface area contributed by atoms with E-state index in [0.717, 1.165) is 65.5 Å². The quantitative estimate of drug-likeness (QED) is 0.398. The minimum atomic E-state index is 0.0812. The highest BCUT2D eigenvalue weighted by molar-refractivity contribution is 6.36. The molecule has 5 rings (SSSR count). The van der Waals surface area contributed by atoms with E-state index in [0.29, 0.717) is 18.4 Å². The molecular weight excluding hydrogens is 469 g/mol. The smallest absolute Gasteiger partial charge is 0.223 e. The maximum atomic E-state index is 13.3. The Morgan fingerprint density at radius 2 is 2.08 bits per heavy atom. The highest BCUT2D eigenvalue weighted by Gasteiger charge is 2.35. The molecule has 2 N–H and O–H groups in total. The van der Waals surface area contributed by atoms with Gasteiger partial charge in [-0.3, -0.25) is 4.79 Å². The average Bonchev–Trinajstić information content (AvgIpc) is 3.55. The first kappa shape index (κ1) is 24.9. The Labute approximate surface area is 219 Å². The second-order valence-electron chi connectivity index (χ2n) is 10.2. The van der Waals surface area contributed by atoms with E-state index in [1.807, 2.05) is 24.6 Å². The number of anilines is 1. The number of nitrogens with one attached hydrogen (secondary N) is 2. The third kappa shape index (κ3) is 5.46. The molecule has 2 atom stereocenters. The van der Waals surface area contributed by atoms with E-state index >= 15 is 0 Å². The van der Waals surface area contributed by atoms with Crippen molar-refractivity contribution in [1.82, 2.24) is 19.9 Å². The summed E-state index contributed by atoms with van der Waals surface area (Å²) in [6.07, 6.45) is 23.1. The van der Waals surface area contributed by atoms with Crippen molar-refractivity contribution in [3.05, 3.63) is 59.4 Å². The molecule has 2 unspecified atom stereocenters. The number of aromatic nitrogens is 3. The Kier molecular flexibility index (Phi) is 7.95. The highest BCUT2D eigenvalue weighted by Crippen LogP contribution is 2.38. The molecule has 36 heavy (non-hydrogen) atoms. The van der Waals surface area contributed by atoms with Gasteiger partial charge in [0, 0.05) is 41.9 Å². The summed E-state index contributed by atoms with van der Waals surface area (Å²) in [4.78, 5) is 18.1. The summed E-state index contributed by atoms with van der Waals surface area (Å²) in [7, 11) is 2.02. The predicted octanol–water partition coefficient (Wildman–Crippen LogP) is 4.14. The number of halogens is 1. The Morgan fingerprint density at radius 1 is 1.22 bits per heavy atom. The van der Waals surface area contributed by atoms with Crippen LogP contribution in [0.25, 0.3) is 11.2 Å². The number of hydrogen-bond acceptors (Lipinski definition) is 4. The fraction of sp³-hybridized carbons (Fsp3) is 0.464. The molecular formula is C28H35BClN5O. The van der Waals surface area contributed by atoms with Gasteiger partial charge in [0.15, 0.2) is 5.65 Å². The van der Waals surface area contributed by atoms with Crippen molar-refractivity contribution in [2.75, 3.05) is 18.4 Å². The molecule has 0 aliphatic heterocycles. The largest absolute Gasteiger partial charge is 0.370 e. The van der Waals surface area contributed by atoms with Crippen LogP contribution < -0.4 is 16.1 Å². The van der Waals surface area contributed by atoms with Crippen LogP contribution >= 0.6 is 11.6 Å². The molecule has 1 saturated carbocycles. The van der Waals surface area contributed by atoms with Crippen molar-refractivity contribution in [3.8, 4) is 0 Å². The van der Waals surface area contributed by atoms with Gasteiger partial charge in [0.1, 0.15) is 13.7 Å². The molecule has 0 spiro atoms. The van der Waals surface area contributed by atoms with Crippen LogP contribution in [0.4, 0.5) is 5.82 Å². The molecule has 8 heteroatoms. The molecule has 1 amide bonds. The SMILES string of the molecule is Bc1cnn2c(NCCCNC(=O)C(C3C=CC=CC3)C3CCCC3)cc(C3=C(Cl)CCC=C3)nc12. The number of nitrogens with zero attached hydrogens (tertiary/aromatic N) is 3. The van der Waals surface area contributed by atoms with E-state index in [9.17, 15) is 4.79 Å². The second kappa shape index (κ2) is 11.5. The van der Waals surface area contributed by atoms with Gasteiger partial charge in [-0.05, 0) is 55.8 Å². The molecule has 0 radical (unpaired) electrons. The first-order chi connectivity index (χ1) is 17.6. The van der Waals surface area contributed by atoms with Gasteiger partial charge in [0.2, 0.25) is 5.91 Å². The van der Waals surface area contributed by atoms with Crippen LogP contribution in [0.1, 0.15) is 57.1 Å². The average molecular weight is 504 g/mol. The Morgan fingerprint density at radius 3 is 2.86 bits per heavy atom. The number of amides is 1. The van der Waals surface area contributed by atoms with Gasteiger partial charge in [-0.2, -0.15) is 9.61 Å². The number of allylic oxidation sites excluding steroid dienone is 8. The lowest BCUT2D eigenvalue weighted by Crippen LogP contribution is -2.39. The topological polar surface area (TPSA) is 71.3 Å². The first-order valence-electron chi connectivity index (χ1n) is 13.4. The van der Waals surface area contributed by atoms with E-state index in [2.05, 4.69) is 52.2 Å². The van der Waals surface area contributed by atoms with E-state index in [1.165, 1.54) is 25.7 Å². The van der Waals surface area contributed by atoms with Crippen molar-refractivity contribution in [1.29, 1.82) is 0 Å². The molecule has 3 aliphatic carbocycles. The molecule has 0 bridgehead atoms. The molecule has 2 heterocycles. The lowest BCUT2D eigenvalue weighted by atomic mass is 9.77. The summed E-state index contributed by atoms with van der Waals surface area (Å²) < 4.78 is 1.84. The normalized spacial score (nSPS) is 20.9. The van der Waals surface area contributed by atoms with Crippen LogP contribution in [-0.2, 0) is 4.79 Å². The van der Waals surface area contributed by atoms with Crippen LogP contribution in [0.15, 0.2) is 53.8 Å². The van der Waals surface area contributed by atoms with Crippen LogP contribution in [0, 0.1) is 17.8 Å². The number of fused-ring (bicyclic) bond motifs is 1. The standard InChI is InChI=1S/C28H35BClN5O/c29-22-18-33-35-25(17-24(34-27(22)35)21-13-6-7-14-23(21)30)31-15-8-16-32-28(36)26(20-11-4-5-12-20)19-9-2-1-3-10-19/h1-3,6,9,13,17-20,26,31H,4-5,7-8,10-12,14-16,29H2,(H,32,36). The highest BCUT2D eigenvalue weighted by atomic mass is 35.5.